The van der Waals surface area contributed by atoms with E-state index in [1.807, 2.05) is 6.92 Å². The molecule has 1 aliphatic rings. The number of halogens is 2. The number of benzene rings is 3. The van der Waals surface area contributed by atoms with E-state index < -0.39 is 28.5 Å². The second kappa shape index (κ2) is 14.5. The first-order valence-electron chi connectivity index (χ1n) is 14.3. The average Bonchev–Trinajstić information content (AvgIpc) is 2.99. The molecule has 1 N–H and O–H groups in total. The van der Waals surface area contributed by atoms with Crippen molar-refractivity contribution in [3.05, 3.63) is 87.9 Å². The van der Waals surface area contributed by atoms with Gasteiger partial charge in [0.25, 0.3) is 10.0 Å². The molecule has 1 atom stereocenters. The van der Waals surface area contributed by atoms with Crippen molar-refractivity contribution >= 4 is 50.7 Å². The molecule has 3 aromatic rings. The van der Waals surface area contributed by atoms with Crippen LogP contribution in [-0.2, 0) is 26.2 Å². The molecule has 0 saturated heterocycles. The van der Waals surface area contributed by atoms with Gasteiger partial charge in [0.1, 0.15) is 18.3 Å². The predicted molar refractivity (Wildman–Crippen MR) is 170 cm³/mol. The van der Waals surface area contributed by atoms with Gasteiger partial charge in [-0.25, -0.2) is 8.42 Å². The van der Waals surface area contributed by atoms with Crippen LogP contribution in [0.1, 0.15) is 50.2 Å². The van der Waals surface area contributed by atoms with E-state index in [2.05, 4.69) is 5.32 Å². The summed E-state index contributed by atoms with van der Waals surface area (Å²) in [7, 11) is -2.87. The number of hydrogen-bond donors (Lipinski definition) is 1. The Morgan fingerprint density at radius 2 is 1.67 bits per heavy atom. The van der Waals surface area contributed by atoms with E-state index in [1.165, 1.54) is 30.2 Å². The first-order valence-corrected chi connectivity index (χ1v) is 16.5. The smallest absolute Gasteiger partial charge is 0.264 e. The number of carbonyl (C=O) groups is 2. The largest absolute Gasteiger partial charge is 0.495 e. The third-order valence-corrected chi connectivity index (χ3v) is 10.1. The van der Waals surface area contributed by atoms with Crippen LogP contribution in [0.2, 0.25) is 10.0 Å². The lowest BCUT2D eigenvalue weighted by molar-refractivity contribution is -0.139. The Morgan fingerprint density at radius 1 is 1.00 bits per heavy atom. The van der Waals surface area contributed by atoms with Gasteiger partial charge < -0.3 is 15.0 Å². The zero-order valence-electron chi connectivity index (χ0n) is 24.6. The van der Waals surface area contributed by atoms with Crippen LogP contribution >= 0.6 is 23.2 Å². The molecule has 0 radical (unpaired) electrons. The van der Waals surface area contributed by atoms with E-state index in [0.29, 0.717) is 10.6 Å². The highest BCUT2D eigenvalue weighted by Gasteiger charge is 2.34. The molecule has 1 saturated carbocycles. The first kappa shape index (κ1) is 32.6. The lowest BCUT2D eigenvalue weighted by Crippen LogP contribution is -2.53. The van der Waals surface area contributed by atoms with Gasteiger partial charge in [0, 0.05) is 22.6 Å². The number of amides is 2. The maximum atomic E-state index is 14.2. The van der Waals surface area contributed by atoms with Gasteiger partial charge in [0.05, 0.1) is 17.7 Å². The van der Waals surface area contributed by atoms with Crippen molar-refractivity contribution < 1.29 is 22.7 Å². The maximum Gasteiger partial charge on any atom is 0.264 e. The van der Waals surface area contributed by atoms with Gasteiger partial charge in [0.15, 0.2) is 0 Å². The first-order chi connectivity index (χ1) is 20.5. The van der Waals surface area contributed by atoms with Crippen LogP contribution in [0.5, 0.6) is 5.75 Å². The van der Waals surface area contributed by atoms with Gasteiger partial charge in [0.2, 0.25) is 11.8 Å². The normalized spacial score (nSPS) is 14.5. The summed E-state index contributed by atoms with van der Waals surface area (Å²) in [6.07, 6.45) is 4.98. The molecule has 1 fully saturated rings. The fourth-order valence-corrected chi connectivity index (χ4v) is 6.95. The van der Waals surface area contributed by atoms with Crippen molar-refractivity contribution in [3.63, 3.8) is 0 Å². The van der Waals surface area contributed by atoms with E-state index in [0.717, 1.165) is 42.0 Å². The molecule has 11 heteroatoms. The SMILES string of the molecule is COc1ccc(Cl)cc1N(CC(=O)N(Cc1ccccc1Cl)C(C)C(=O)NC1CCCCC1)S(=O)(=O)c1ccc(C)cc1. The summed E-state index contributed by atoms with van der Waals surface area (Å²) in [4.78, 5) is 29.1. The Balaban J connectivity index is 1.74. The van der Waals surface area contributed by atoms with E-state index in [9.17, 15) is 18.0 Å². The van der Waals surface area contributed by atoms with E-state index in [4.69, 9.17) is 27.9 Å². The van der Waals surface area contributed by atoms with Gasteiger partial charge in [-0.3, -0.25) is 13.9 Å². The molecular weight excluding hydrogens is 609 g/mol. The molecule has 230 valence electrons. The van der Waals surface area contributed by atoms with Gasteiger partial charge in [-0.1, -0.05) is 78.4 Å². The zero-order valence-corrected chi connectivity index (χ0v) is 26.9. The number of hydrogen-bond acceptors (Lipinski definition) is 5. The van der Waals surface area contributed by atoms with Gasteiger partial charge in [-0.2, -0.15) is 0 Å². The van der Waals surface area contributed by atoms with Crippen molar-refractivity contribution in [2.45, 2.75) is 69.5 Å². The average molecular weight is 647 g/mol. The molecule has 0 aromatic heterocycles. The fourth-order valence-electron chi connectivity index (χ4n) is 5.17. The third kappa shape index (κ3) is 8.02. The molecule has 3 aromatic carbocycles. The van der Waals surface area contributed by atoms with Gasteiger partial charge in [-0.15, -0.1) is 0 Å². The number of nitrogens with one attached hydrogen (secondary N) is 1. The fraction of sp³-hybridized carbons (Fsp3) is 0.375. The molecule has 0 bridgehead atoms. The minimum absolute atomic E-state index is 0.00284. The number of aryl methyl sites for hydroxylation is 1. The molecule has 43 heavy (non-hydrogen) atoms. The number of anilines is 1. The number of carbonyl (C=O) groups excluding carboxylic acids is 2. The molecule has 0 aliphatic heterocycles. The van der Waals surface area contributed by atoms with Crippen molar-refractivity contribution in [1.29, 1.82) is 0 Å². The number of sulfonamides is 1. The lowest BCUT2D eigenvalue weighted by atomic mass is 9.95. The Bertz CT molecular complexity index is 1540. The lowest BCUT2D eigenvalue weighted by Gasteiger charge is -2.33. The third-order valence-electron chi connectivity index (χ3n) is 7.71. The van der Waals surface area contributed by atoms with Crippen LogP contribution in [0, 0.1) is 6.92 Å². The Labute approximate surface area is 264 Å². The zero-order chi connectivity index (χ0) is 31.1. The number of ether oxygens (including phenoxy) is 1. The quantitative estimate of drug-likeness (QED) is 0.261. The van der Waals surface area contributed by atoms with Crippen molar-refractivity contribution in [2.24, 2.45) is 0 Å². The summed E-state index contributed by atoms with van der Waals surface area (Å²) in [6.45, 7) is 2.89. The molecule has 0 spiro atoms. The maximum absolute atomic E-state index is 14.2. The van der Waals surface area contributed by atoms with Gasteiger partial charge >= 0.3 is 0 Å². The summed E-state index contributed by atoms with van der Waals surface area (Å²) in [5, 5.41) is 3.79. The van der Waals surface area contributed by atoms with Crippen LogP contribution in [0.4, 0.5) is 5.69 Å². The molecule has 2 amide bonds. The minimum atomic E-state index is -4.28. The molecule has 4 rings (SSSR count). The van der Waals surface area contributed by atoms with Crippen molar-refractivity contribution in [3.8, 4) is 5.75 Å². The molecule has 1 aliphatic carbocycles. The van der Waals surface area contributed by atoms with E-state index in [-0.39, 0.29) is 39.8 Å². The summed E-state index contributed by atoms with van der Waals surface area (Å²) in [5.41, 5.74) is 1.61. The van der Waals surface area contributed by atoms with Crippen LogP contribution in [0.3, 0.4) is 0 Å². The number of nitrogens with zero attached hydrogens (tertiary/aromatic N) is 2. The number of rotatable bonds is 11. The highest BCUT2D eigenvalue weighted by atomic mass is 35.5. The Morgan fingerprint density at radius 3 is 2.33 bits per heavy atom. The molecule has 8 nitrogen and oxygen atoms in total. The van der Waals surface area contributed by atoms with Crippen LogP contribution < -0.4 is 14.4 Å². The monoisotopic (exact) mass is 645 g/mol. The number of methoxy groups -OCH3 is 1. The second-order valence-corrected chi connectivity index (χ2v) is 13.5. The van der Waals surface area contributed by atoms with Crippen molar-refractivity contribution in [2.75, 3.05) is 18.0 Å². The van der Waals surface area contributed by atoms with E-state index in [1.54, 1.807) is 55.5 Å². The second-order valence-electron chi connectivity index (χ2n) is 10.8. The standard InChI is InChI=1S/C32H37Cl2N3O5S/c1-22-13-16-27(17-14-22)43(40,41)37(29-19-25(33)15-18-30(29)42-3)21-31(38)36(20-24-9-7-8-12-28(24)34)23(2)32(39)35-26-10-5-4-6-11-26/h7-9,12-19,23,26H,4-6,10-11,20-21H2,1-3H3,(H,35,39). The van der Waals surface area contributed by atoms with Gasteiger partial charge in [-0.05, 0) is 68.7 Å². The minimum Gasteiger partial charge on any atom is -0.495 e. The Hall–Kier alpha value is -3.27. The summed E-state index contributed by atoms with van der Waals surface area (Å²) in [6, 6.07) is 17.1. The van der Waals surface area contributed by atoms with Crippen LogP contribution in [-0.4, -0.2) is 50.9 Å². The Kier molecular flexibility index (Phi) is 11.0. The van der Waals surface area contributed by atoms with Crippen molar-refractivity contribution in [1.82, 2.24) is 10.2 Å². The van der Waals surface area contributed by atoms with Crippen LogP contribution in [0.15, 0.2) is 71.6 Å². The summed E-state index contributed by atoms with van der Waals surface area (Å²) in [5.74, 6) is -0.682. The summed E-state index contributed by atoms with van der Waals surface area (Å²) >= 11 is 12.8. The summed E-state index contributed by atoms with van der Waals surface area (Å²) < 4.78 is 34.7. The van der Waals surface area contributed by atoms with Crippen LogP contribution in [0.25, 0.3) is 0 Å². The molecule has 0 heterocycles. The highest BCUT2D eigenvalue weighted by Crippen LogP contribution is 2.35. The topological polar surface area (TPSA) is 96.0 Å². The highest BCUT2D eigenvalue weighted by molar-refractivity contribution is 7.92. The predicted octanol–water partition coefficient (Wildman–Crippen LogP) is 6.37. The molecule has 1 unspecified atom stereocenters. The van der Waals surface area contributed by atoms with E-state index >= 15 is 0 Å². The molecular formula is C32H37Cl2N3O5S.